The van der Waals surface area contributed by atoms with E-state index < -0.39 is 35.6 Å². The predicted molar refractivity (Wildman–Crippen MR) is 95.8 cm³/mol. The van der Waals surface area contributed by atoms with Gasteiger partial charge in [-0.2, -0.15) is 31.3 Å². The van der Waals surface area contributed by atoms with Crippen LogP contribution in [0.5, 0.6) is 0 Å². The van der Waals surface area contributed by atoms with Gasteiger partial charge in [0.15, 0.2) is 5.69 Å². The molecule has 3 N–H and O–H groups in total. The molecule has 2 aromatic rings. The van der Waals surface area contributed by atoms with Crippen molar-refractivity contribution in [2.45, 2.75) is 39.2 Å². The first-order valence-electron chi connectivity index (χ1n) is 8.60. The highest BCUT2D eigenvalue weighted by Gasteiger charge is 2.35. The molecule has 0 unspecified atom stereocenters. The van der Waals surface area contributed by atoms with E-state index in [1.165, 1.54) is 13.0 Å². The standard InChI is InChI=1S/C18H20F6N4O/c1-9(2)13(8-29)26-16-27-14(18(22,23)24)7-15(28-16)25-12-6-4-5-11(10(12)3)17(19,20)21/h4-7,9,13,29H,8H2,1-3H3,(H2,25,26,27,28)/t13-/m0/s1. The minimum absolute atomic E-state index is 0.0415. The number of rotatable bonds is 6. The van der Waals surface area contributed by atoms with Crippen LogP contribution >= 0.6 is 0 Å². The number of hydrogen-bond acceptors (Lipinski definition) is 5. The van der Waals surface area contributed by atoms with E-state index in [-0.39, 0.29) is 29.6 Å². The lowest BCUT2D eigenvalue weighted by Crippen LogP contribution is -2.30. The third-order valence-corrected chi connectivity index (χ3v) is 4.23. The minimum atomic E-state index is -4.80. The Morgan fingerprint density at radius 2 is 1.69 bits per heavy atom. The summed E-state index contributed by atoms with van der Waals surface area (Å²) in [6, 6.07) is 3.32. The maximum atomic E-state index is 13.2. The van der Waals surface area contributed by atoms with Crippen molar-refractivity contribution >= 4 is 17.5 Å². The van der Waals surface area contributed by atoms with Gasteiger partial charge >= 0.3 is 12.4 Å². The van der Waals surface area contributed by atoms with Crippen molar-refractivity contribution in [1.82, 2.24) is 9.97 Å². The highest BCUT2D eigenvalue weighted by molar-refractivity contribution is 5.63. The molecule has 0 aliphatic rings. The summed E-state index contributed by atoms with van der Waals surface area (Å²) in [6.45, 7) is 4.32. The van der Waals surface area contributed by atoms with Crippen LogP contribution in [-0.2, 0) is 12.4 Å². The molecule has 5 nitrogen and oxygen atoms in total. The zero-order valence-corrected chi connectivity index (χ0v) is 15.8. The van der Waals surface area contributed by atoms with E-state index in [1.807, 2.05) is 0 Å². The molecule has 1 aromatic carbocycles. The molecule has 1 atom stereocenters. The molecule has 29 heavy (non-hydrogen) atoms. The number of anilines is 3. The lowest BCUT2D eigenvalue weighted by atomic mass is 10.1. The van der Waals surface area contributed by atoms with Gasteiger partial charge in [-0.3, -0.25) is 0 Å². The summed E-state index contributed by atoms with van der Waals surface area (Å²) in [4.78, 5) is 7.34. The molecule has 160 valence electrons. The second kappa shape index (κ2) is 8.44. The van der Waals surface area contributed by atoms with Crippen molar-refractivity contribution in [3.8, 4) is 0 Å². The lowest BCUT2D eigenvalue weighted by molar-refractivity contribution is -0.141. The summed E-state index contributed by atoms with van der Waals surface area (Å²) >= 11 is 0. The fourth-order valence-electron chi connectivity index (χ4n) is 2.53. The van der Waals surface area contributed by atoms with E-state index in [1.54, 1.807) is 13.8 Å². The van der Waals surface area contributed by atoms with Crippen molar-refractivity contribution in [3.63, 3.8) is 0 Å². The van der Waals surface area contributed by atoms with Crippen LogP contribution in [0.1, 0.15) is 30.7 Å². The fraction of sp³-hybridized carbons (Fsp3) is 0.444. The van der Waals surface area contributed by atoms with Crippen LogP contribution in [0.15, 0.2) is 24.3 Å². The van der Waals surface area contributed by atoms with Gasteiger partial charge in [0, 0.05) is 11.8 Å². The molecular weight excluding hydrogens is 402 g/mol. The Balaban J connectivity index is 2.46. The third-order valence-electron chi connectivity index (χ3n) is 4.23. The maximum absolute atomic E-state index is 13.2. The molecule has 0 spiro atoms. The largest absolute Gasteiger partial charge is 0.433 e. The third kappa shape index (κ3) is 5.72. The topological polar surface area (TPSA) is 70.1 Å². The highest BCUT2D eigenvalue weighted by Crippen LogP contribution is 2.36. The smallest absolute Gasteiger partial charge is 0.394 e. The molecule has 0 aliphatic heterocycles. The van der Waals surface area contributed by atoms with Crippen LogP contribution in [0.2, 0.25) is 0 Å². The molecule has 0 fully saturated rings. The molecule has 0 bridgehead atoms. The monoisotopic (exact) mass is 422 g/mol. The average molecular weight is 422 g/mol. The van der Waals surface area contributed by atoms with E-state index >= 15 is 0 Å². The summed E-state index contributed by atoms with van der Waals surface area (Å²) in [5, 5.41) is 14.5. The molecule has 1 aromatic heterocycles. The average Bonchev–Trinajstić information content (AvgIpc) is 2.59. The molecule has 0 amide bonds. The highest BCUT2D eigenvalue weighted by atomic mass is 19.4. The fourth-order valence-corrected chi connectivity index (χ4v) is 2.53. The number of aromatic nitrogens is 2. The summed E-state index contributed by atoms with van der Waals surface area (Å²) in [7, 11) is 0. The second-order valence-corrected chi connectivity index (χ2v) is 6.74. The van der Waals surface area contributed by atoms with Crippen molar-refractivity contribution < 1.29 is 31.4 Å². The van der Waals surface area contributed by atoms with E-state index in [9.17, 15) is 31.4 Å². The van der Waals surface area contributed by atoms with Crippen molar-refractivity contribution in [3.05, 3.63) is 41.1 Å². The zero-order valence-electron chi connectivity index (χ0n) is 15.8. The molecule has 11 heteroatoms. The summed E-state index contributed by atoms with van der Waals surface area (Å²) < 4.78 is 78.9. The first-order valence-corrected chi connectivity index (χ1v) is 8.60. The Kier molecular flexibility index (Phi) is 6.61. The molecule has 2 rings (SSSR count). The van der Waals surface area contributed by atoms with E-state index in [0.717, 1.165) is 12.1 Å². The molecule has 0 radical (unpaired) electrons. The quantitative estimate of drug-likeness (QED) is 0.572. The Bertz CT molecular complexity index is 851. The molecule has 0 aliphatic carbocycles. The number of nitrogens with one attached hydrogen (secondary N) is 2. The summed E-state index contributed by atoms with van der Waals surface area (Å²) in [5.41, 5.74) is -2.41. The Hall–Kier alpha value is -2.56. The van der Waals surface area contributed by atoms with Gasteiger partial charge < -0.3 is 15.7 Å². The van der Waals surface area contributed by atoms with Crippen molar-refractivity contribution in [2.24, 2.45) is 5.92 Å². The van der Waals surface area contributed by atoms with Gasteiger partial charge in [-0.15, -0.1) is 0 Å². The van der Waals surface area contributed by atoms with E-state index in [2.05, 4.69) is 20.6 Å². The number of aliphatic hydroxyl groups is 1. The van der Waals surface area contributed by atoms with Gasteiger partial charge in [0.2, 0.25) is 5.95 Å². The first-order chi connectivity index (χ1) is 13.3. The zero-order chi connectivity index (χ0) is 22.0. The predicted octanol–water partition coefficient (Wildman–Crippen LogP) is 5.00. The Morgan fingerprint density at radius 1 is 1.03 bits per heavy atom. The van der Waals surface area contributed by atoms with Gasteiger partial charge in [-0.25, -0.2) is 4.98 Å². The van der Waals surface area contributed by atoms with Crippen LogP contribution in [0.4, 0.5) is 43.8 Å². The normalized spacial score (nSPS) is 13.5. The number of aliphatic hydroxyl groups excluding tert-OH is 1. The van der Waals surface area contributed by atoms with Crippen LogP contribution in [-0.4, -0.2) is 27.7 Å². The van der Waals surface area contributed by atoms with Crippen molar-refractivity contribution in [1.29, 1.82) is 0 Å². The first kappa shape index (κ1) is 22.7. The van der Waals surface area contributed by atoms with Gasteiger partial charge in [0.1, 0.15) is 5.82 Å². The SMILES string of the molecule is Cc1c(Nc2cc(C(F)(F)F)nc(N[C@@H](CO)C(C)C)n2)cccc1C(F)(F)F. The number of hydrogen-bond donors (Lipinski definition) is 3. The molecule has 1 heterocycles. The van der Waals surface area contributed by atoms with Crippen LogP contribution < -0.4 is 10.6 Å². The second-order valence-electron chi connectivity index (χ2n) is 6.74. The Morgan fingerprint density at radius 3 is 2.21 bits per heavy atom. The van der Waals surface area contributed by atoms with Gasteiger partial charge in [-0.05, 0) is 30.5 Å². The van der Waals surface area contributed by atoms with Crippen LogP contribution in [0.25, 0.3) is 0 Å². The molecule has 0 saturated carbocycles. The number of nitrogens with zero attached hydrogens (tertiary/aromatic N) is 2. The summed E-state index contributed by atoms with van der Waals surface area (Å²) in [5.74, 6) is -0.877. The number of benzene rings is 1. The number of alkyl halides is 6. The van der Waals surface area contributed by atoms with Crippen LogP contribution in [0, 0.1) is 12.8 Å². The Labute approximate surface area is 163 Å². The summed E-state index contributed by atoms with van der Waals surface area (Å²) in [6.07, 6.45) is -9.41. The molecular formula is C18H20F6N4O. The van der Waals surface area contributed by atoms with Gasteiger partial charge in [-0.1, -0.05) is 19.9 Å². The van der Waals surface area contributed by atoms with Crippen LogP contribution in [0.3, 0.4) is 0 Å². The van der Waals surface area contributed by atoms with Crippen molar-refractivity contribution in [2.75, 3.05) is 17.2 Å². The molecule has 0 saturated heterocycles. The van der Waals surface area contributed by atoms with Gasteiger partial charge in [0.05, 0.1) is 18.2 Å². The maximum Gasteiger partial charge on any atom is 0.433 e. The van der Waals surface area contributed by atoms with E-state index in [4.69, 9.17) is 0 Å². The van der Waals surface area contributed by atoms with E-state index in [0.29, 0.717) is 6.07 Å². The number of halogens is 6. The minimum Gasteiger partial charge on any atom is -0.394 e. The van der Waals surface area contributed by atoms with Gasteiger partial charge in [0.25, 0.3) is 0 Å². The lowest BCUT2D eigenvalue weighted by Gasteiger charge is -2.21.